The monoisotopic (exact) mass is 273 g/mol. The van der Waals surface area contributed by atoms with Crippen LogP contribution in [0.1, 0.15) is 36.6 Å². The summed E-state index contributed by atoms with van der Waals surface area (Å²) in [5.41, 5.74) is 1.08. The molecule has 5 nitrogen and oxygen atoms in total. The highest BCUT2D eigenvalue weighted by Crippen LogP contribution is 2.18. The third-order valence-electron chi connectivity index (χ3n) is 3.67. The number of thiazole rings is 1. The second-order valence-corrected chi connectivity index (χ2v) is 5.87. The van der Waals surface area contributed by atoms with E-state index in [1.165, 1.54) is 19.3 Å². The largest absolute Gasteiger partial charge is 0.315 e. The molecule has 0 radical (unpaired) electrons. The Morgan fingerprint density at radius 2 is 2.21 bits per heavy atom. The molecule has 0 amide bonds. The lowest BCUT2D eigenvalue weighted by atomic mass is 10.2. The summed E-state index contributed by atoms with van der Waals surface area (Å²) in [7, 11) is 0. The molecule has 98 valence electrons. The minimum atomic E-state index is 0.779. The van der Waals surface area contributed by atoms with Crippen molar-refractivity contribution in [2.24, 2.45) is 0 Å². The van der Waals surface area contributed by atoms with E-state index in [9.17, 15) is 0 Å². The molecule has 0 spiro atoms. The van der Waals surface area contributed by atoms with Gasteiger partial charge in [0.1, 0.15) is 11.6 Å². The summed E-state index contributed by atoms with van der Waals surface area (Å²) in [6.45, 7) is 1.06. The predicted molar refractivity (Wildman–Crippen MR) is 73.5 cm³/mol. The van der Waals surface area contributed by atoms with Crippen LogP contribution in [-0.4, -0.2) is 24.1 Å². The first-order valence-electron chi connectivity index (χ1n) is 6.72. The van der Waals surface area contributed by atoms with Crippen LogP contribution in [0.4, 0.5) is 0 Å². The number of hydrogen-bond donors (Lipinski definition) is 0. The third-order valence-corrected chi connectivity index (χ3v) is 4.44. The Hall–Kier alpha value is -1.69. The Morgan fingerprint density at radius 3 is 3.16 bits per heavy atom. The van der Waals surface area contributed by atoms with Gasteiger partial charge in [-0.3, -0.25) is 4.40 Å². The highest BCUT2D eigenvalue weighted by atomic mass is 32.1. The Morgan fingerprint density at radius 1 is 1.21 bits per heavy atom. The summed E-state index contributed by atoms with van der Waals surface area (Å²) >= 11 is 1.66. The third kappa shape index (κ3) is 1.96. The molecule has 0 bridgehead atoms. The molecule has 0 aromatic carbocycles. The maximum Gasteiger partial charge on any atom is 0.193 e. The summed E-state index contributed by atoms with van der Waals surface area (Å²) in [6, 6.07) is 0. The molecule has 4 heterocycles. The van der Waals surface area contributed by atoms with Crippen LogP contribution in [0.3, 0.4) is 0 Å². The van der Waals surface area contributed by atoms with Crippen LogP contribution in [0, 0.1) is 0 Å². The predicted octanol–water partition coefficient (Wildman–Crippen LogP) is 2.30. The standard InChI is InChI=1S/C13H15N5S/c1-2-4-11-15-16-12(18(11)5-3-1)8-10-9-17-6-7-19-13(17)14-10/h6-7,9H,1-5,8H2. The molecule has 0 saturated heterocycles. The van der Waals surface area contributed by atoms with E-state index in [0.29, 0.717) is 0 Å². The molecule has 1 aliphatic rings. The first kappa shape index (κ1) is 11.2. The average Bonchev–Trinajstić information content (AvgIpc) is 3.02. The van der Waals surface area contributed by atoms with E-state index in [1.807, 2.05) is 6.20 Å². The topological polar surface area (TPSA) is 48.0 Å². The molecule has 0 unspecified atom stereocenters. The van der Waals surface area contributed by atoms with Crippen molar-refractivity contribution in [1.29, 1.82) is 0 Å². The number of nitrogens with zero attached hydrogens (tertiary/aromatic N) is 5. The first-order valence-corrected chi connectivity index (χ1v) is 7.60. The Balaban J connectivity index is 1.66. The van der Waals surface area contributed by atoms with Gasteiger partial charge in [0.15, 0.2) is 4.96 Å². The van der Waals surface area contributed by atoms with Crippen LogP contribution in [0.15, 0.2) is 17.8 Å². The van der Waals surface area contributed by atoms with E-state index < -0.39 is 0 Å². The number of fused-ring (bicyclic) bond motifs is 2. The van der Waals surface area contributed by atoms with Crippen molar-refractivity contribution < 1.29 is 0 Å². The molecule has 0 atom stereocenters. The van der Waals surface area contributed by atoms with Crippen LogP contribution in [0.2, 0.25) is 0 Å². The normalized spacial score (nSPS) is 15.6. The van der Waals surface area contributed by atoms with Gasteiger partial charge in [-0.15, -0.1) is 21.5 Å². The van der Waals surface area contributed by atoms with Gasteiger partial charge in [-0.1, -0.05) is 6.42 Å². The van der Waals surface area contributed by atoms with Crippen molar-refractivity contribution in [2.45, 2.75) is 38.6 Å². The minimum absolute atomic E-state index is 0.779. The molecule has 0 N–H and O–H groups in total. The van der Waals surface area contributed by atoms with Gasteiger partial charge in [-0.05, 0) is 12.8 Å². The van der Waals surface area contributed by atoms with Gasteiger partial charge < -0.3 is 4.57 Å². The van der Waals surface area contributed by atoms with Gasteiger partial charge in [-0.25, -0.2) is 4.98 Å². The van der Waals surface area contributed by atoms with Crippen LogP contribution < -0.4 is 0 Å². The lowest BCUT2D eigenvalue weighted by Crippen LogP contribution is -2.06. The minimum Gasteiger partial charge on any atom is -0.315 e. The fourth-order valence-corrected chi connectivity index (χ4v) is 3.42. The van der Waals surface area contributed by atoms with E-state index in [-0.39, 0.29) is 0 Å². The summed E-state index contributed by atoms with van der Waals surface area (Å²) in [5.74, 6) is 2.20. The summed E-state index contributed by atoms with van der Waals surface area (Å²) < 4.78 is 4.36. The lowest BCUT2D eigenvalue weighted by Gasteiger charge is -2.05. The number of rotatable bonds is 2. The van der Waals surface area contributed by atoms with Crippen molar-refractivity contribution in [3.63, 3.8) is 0 Å². The average molecular weight is 273 g/mol. The highest BCUT2D eigenvalue weighted by Gasteiger charge is 2.16. The Bertz CT molecular complexity index is 679. The van der Waals surface area contributed by atoms with Crippen molar-refractivity contribution in [3.05, 3.63) is 35.1 Å². The molecular formula is C13H15N5S. The summed E-state index contributed by atoms with van der Waals surface area (Å²) in [4.78, 5) is 5.67. The van der Waals surface area contributed by atoms with Crippen LogP contribution >= 0.6 is 11.3 Å². The number of aromatic nitrogens is 5. The fraction of sp³-hybridized carbons (Fsp3) is 0.462. The van der Waals surface area contributed by atoms with E-state index in [2.05, 4.69) is 35.7 Å². The summed E-state index contributed by atoms with van der Waals surface area (Å²) in [5, 5.41) is 10.7. The number of imidazole rings is 1. The molecule has 4 rings (SSSR count). The smallest absolute Gasteiger partial charge is 0.193 e. The van der Waals surface area contributed by atoms with E-state index >= 15 is 0 Å². The van der Waals surface area contributed by atoms with Gasteiger partial charge in [-0.2, -0.15) is 0 Å². The molecule has 0 aliphatic carbocycles. The quantitative estimate of drug-likeness (QED) is 0.720. The number of aryl methyl sites for hydroxylation is 1. The van der Waals surface area contributed by atoms with Crippen LogP contribution in [0.25, 0.3) is 4.96 Å². The summed E-state index contributed by atoms with van der Waals surface area (Å²) in [6.07, 6.45) is 9.73. The molecule has 3 aromatic heterocycles. The SMILES string of the molecule is c1cn2cc(Cc3nnc4n3CCCCC4)nc2s1. The lowest BCUT2D eigenvalue weighted by molar-refractivity contribution is 0.610. The second kappa shape index (κ2) is 4.45. The van der Waals surface area contributed by atoms with Gasteiger partial charge in [0.2, 0.25) is 0 Å². The molecule has 0 saturated carbocycles. The zero-order chi connectivity index (χ0) is 12.7. The molecule has 0 fully saturated rings. The first-order chi connectivity index (χ1) is 9.40. The zero-order valence-corrected chi connectivity index (χ0v) is 11.4. The van der Waals surface area contributed by atoms with E-state index in [0.717, 1.165) is 41.7 Å². The van der Waals surface area contributed by atoms with Gasteiger partial charge >= 0.3 is 0 Å². The van der Waals surface area contributed by atoms with Gasteiger partial charge in [0.25, 0.3) is 0 Å². The van der Waals surface area contributed by atoms with Crippen molar-refractivity contribution >= 4 is 16.3 Å². The molecule has 1 aliphatic heterocycles. The molecular weight excluding hydrogens is 258 g/mol. The second-order valence-electron chi connectivity index (χ2n) is 5.00. The Kier molecular flexibility index (Phi) is 2.61. The molecule has 3 aromatic rings. The van der Waals surface area contributed by atoms with Crippen LogP contribution in [-0.2, 0) is 19.4 Å². The highest BCUT2D eigenvalue weighted by molar-refractivity contribution is 7.15. The van der Waals surface area contributed by atoms with Crippen molar-refractivity contribution in [3.8, 4) is 0 Å². The maximum atomic E-state index is 4.62. The van der Waals surface area contributed by atoms with Gasteiger partial charge in [0.05, 0.1) is 12.1 Å². The van der Waals surface area contributed by atoms with E-state index in [4.69, 9.17) is 0 Å². The van der Waals surface area contributed by atoms with Gasteiger partial charge in [0, 0.05) is 30.7 Å². The number of hydrogen-bond acceptors (Lipinski definition) is 4. The van der Waals surface area contributed by atoms with Crippen molar-refractivity contribution in [1.82, 2.24) is 24.1 Å². The maximum absolute atomic E-state index is 4.62. The zero-order valence-electron chi connectivity index (χ0n) is 10.6. The van der Waals surface area contributed by atoms with Crippen LogP contribution in [0.5, 0.6) is 0 Å². The van der Waals surface area contributed by atoms with Crippen molar-refractivity contribution in [2.75, 3.05) is 0 Å². The Labute approximate surface area is 114 Å². The van der Waals surface area contributed by atoms with E-state index in [1.54, 1.807) is 11.3 Å². The molecule has 19 heavy (non-hydrogen) atoms. The molecule has 6 heteroatoms. The fourth-order valence-electron chi connectivity index (χ4n) is 2.70.